The predicted octanol–water partition coefficient (Wildman–Crippen LogP) is 2.80. The van der Waals surface area contributed by atoms with E-state index in [2.05, 4.69) is 15.3 Å². The minimum Gasteiger partial charge on any atom is -0.313 e. The first kappa shape index (κ1) is 13.2. The monoisotopic (exact) mass is 271 g/mol. The van der Waals surface area contributed by atoms with Crippen molar-refractivity contribution in [1.29, 1.82) is 0 Å². The summed E-state index contributed by atoms with van der Waals surface area (Å²) in [4.78, 5) is 9.04. The van der Waals surface area contributed by atoms with E-state index < -0.39 is 0 Å². The van der Waals surface area contributed by atoms with Gasteiger partial charge in [0.2, 0.25) is 0 Å². The minimum atomic E-state index is -0.193. The summed E-state index contributed by atoms with van der Waals surface area (Å²) in [6.45, 7) is 0. The lowest BCUT2D eigenvalue weighted by atomic mass is 9.92. The van der Waals surface area contributed by atoms with E-state index in [0.717, 1.165) is 25.0 Å². The highest BCUT2D eigenvalue weighted by Gasteiger charge is 2.20. The van der Waals surface area contributed by atoms with E-state index in [1.165, 1.54) is 11.6 Å². The molecule has 1 atom stereocenters. The molecule has 20 heavy (non-hydrogen) atoms. The zero-order valence-electron chi connectivity index (χ0n) is 11.6. The molecule has 3 nitrogen and oxygen atoms in total. The highest BCUT2D eigenvalue weighted by Crippen LogP contribution is 2.27. The first-order valence-electron chi connectivity index (χ1n) is 7.03. The summed E-state index contributed by atoms with van der Waals surface area (Å²) in [6.07, 6.45) is 5.59. The van der Waals surface area contributed by atoms with Gasteiger partial charge in [-0.25, -0.2) is 14.4 Å². The van der Waals surface area contributed by atoms with E-state index in [-0.39, 0.29) is 5.82 Å². The highest BCUT2D eigenvalue weighted by molar-refractivity contribution is 5.27. The van der Waals surface area contributed by atoms with Crippen LogP contribution < -0.4 is 5.32 Å². The molecule has 0 amide bonds. The van der Waals surface area contributed by atoms with Crippen LogP contribution in [-0.2, 0) is 12.8 Å². The van der Waals surface area contributed by atoms with Crippen LogP contribution in [0.25, 0.3) is 0 Å². The first-order valence-corrected chi connectivity index (χ1v) is 7.03. The van der Waals surface area contributed by atoms with Crippen LogP contribution in [0.1, 0.15) is 41.5 Å². The van der Waals surface area contributed by atoms with Gasteiger partial charge in [-0.1, -0.05) is 18.2 Å². The van der Waals surface area contributed by atoms with Crippen molar-refractivity contribution in [1.82, 2.24) is 15.3 Å². The zero-order valence-corrected chi connectivity index (χ0v) is 11.6. The molecule has 0 aliphatic heterocycles. The molecule has 1 aliphatic carbocycles. The van der Waals surface area contributed by atoms with Crippen LogP contribution in [0, 0.1) is 5.82 Å². The maximum Gasteiger partial charge on any atom is 0.133 e. The molecule has 1 unspecified atom stereocenters. The van der Waals surface area contributed by atoms with Crippen LogP contribution >= 0.6 is 0 Å². The Labute approximate surface area is 118 Å². The zero-order chi connectivity index (χ0) is 13.9. The van der Waals surface area contributed by atoms with Crippen LogP contribution in [0.5, 0.6) is 0 Å². The number of benzene rings is 1. The number of nitrogens with zero attached hydrogens (tertiary/aromatic N) is 2. The number of nitrogens with one attached hydrogen (secondary N) is 1. The van der Waals surface area contributed by atoms with Gasteiger partial charge < -0.3 is 5.32 Å². The molecule has 0 fully saturated rings. The summed E-state index contributed by atoms with van der Waals surface area (Å²) in [5.41, 5.74) is 2.95. The van der Waals surface area contributed by atoms with Crippen molar-refractivity contribution in [2.75, 3.05) is 7.05 Å². The van der Waals surface area contributed by atoms with Crippen molar-refractivity contribution in [3.63, 3.8) is 0 Å². The molecule has 0 radical (unpaired) electrons. The van der Waals surface area contributed by atoms with E-state index in [1.807, 2.05) is 19.3 Å². The minimum absolute atomic E-state index is 0.193. The molecule has 2 aromatic rings. The Bertz CT molecular complexity index is 612. The fraction of sp³-hybridized carbons (Fsp3) is 0.375. The third kappa shape index (κ3) is 2.56. The molecule has 1 heterocycles. The number of halogens is 1. The van der Waals surface area contributed by atoms with Crippen LogP contribution in [0.2, 0.25) is 0 Å². The fourth-order valence-corrected chi connectivity index (χ4v) is 2.79. The largest absolute Gasteiger partial charge is 0.313 e. The molecule has 4 heteroatoms. The Morgan fingerprint density at radius 1 is 1.35 bits per heavy atom. The van der Waals surface area contributed by atoms with Crippen LogP contribution in [0.4, 0.5) is 4.39 Å². The van der Waals surface area contributed by atoms with E-state index in [0.29, 0.717) is 23.9 Å². The number of fused-ring (bicyclic) bond motifs is 1. The summed E-state index contributed by atoms with van der Waals surface area (Å²) in [6, 6.07) is 7.15. The van der Waals surface area contributed by atoms with E-state index in [4.69, 9.17) is 0 Å². The predicted molar refractivity (Wildman–Crippen MR) is 76.0 cm³/mol. The van der Waals surface area contributed by atoms with Crippen molar-refractivity contribution in [3.8, 4) is 0 Å². The second-order valence-corrected chi connectivity index (χ2v) is 5.19. The van der Waals surface area contributed by atoms with E-state index in [9.17, 15) is 4.39 Å². The molecule has 0 saturated heterocycles. The van der Waals surface area contributed by atoms with E-state index >= 15 is 0 Å². The second kappa shape index (κ2) is 5.67. The normalized spacial score (nSPS) is 17.8. The number of hydrogen-bond donors (Lipinski definition) is 1. The second-order valence-electron chi connectivity index (χ2n) is 5.19. The van der Waals surface area contributed by atoms with Crippen molar-refractivity contribution in [2.45, 2.75) is 31.7 Å². The van der Waals surface area contributed by atoms with Gasteiger partial charge in [-0.15, -0.1) is 0 Å². The fourth-order valence-electron chi connectivity index (χ4n) is 2.79. The topological polar surface area (TPSA) is 37.8 Å². The Hall–Kier alpha value is -1.81. The van der Waals surface area contributed by atoms with Crippen molar-refractivity contribution in [3.05, 3.63) is 58.9 Å². The lowest BCUT2D eigenvalue weighted by molar-refractivity contribution is 0.485. The van der Waals surface area contributed by atoms with Gasteiger partial charge in [0.15, 0.2) is 0 Å². The molecule has 104 valence electrons. The molecular weight excluding hydrogens is 253 g/mol. The third-order valence-electron chi connectivity index (χ3n) is 3.89. The summed E-state index contributed by atoms with van der Waals surface area (Å²) in [7, 11) is 1.97. The summed E-state index contributed by atoms with van der Waals surface area (Å²) in [5, 5.41) is 3.30. The van der Waals surface area contributed by atoms with Gasteiger partial charge in [-0.3, -0.25) is 0 Å². The smallest absolute Gasteiger partial charge is 0.133 e. The van der Waals surface area contributed by atoms with Gasteiger partial charge >= 0.3 is 0 Å². The van der Waals surface area contributed by atoms with Crippen LogP contribution in [0.15, 0.2) is 30.5 Å². The van der Waals surface area contributed by atoms with Crippen LogP contribution in [-0.4, -0.2) is 17.0 Å². The number of aryl methyl sites for hydroxylation is 1. The molecule has 1 aromatic heterocycles. The average Bonchev–Trinajstić information content (AvgIpc) is 2.49. The molecule has 0 bridgehead atoms. The summed E-state index contributed by atoms with van der Waals surface area (Å²) in [5.74, 6) is 0.507. The Morgan fingerprint density at radius 3 is 3.00 bits per heavy atom. The van der Waals surface area contributed by atoms with Gasteiger partial charge in [0, 0.05) is 29.9 Å². The van der Waals surface area contributed by atoms with Gasteiger partial charge in [-0.05, 0) is 37.9 Å². The van der Waals surface area contributed by atoms with Gasteiger partial charge in [0.25, 0.3) is 0 Å². The average molecular weight is 271 g/mol. The lowest BCUT2D eigenvalue weighted by Gasteiger charge is -2.24. The van der Waals surface area contributed by atoms with Crippen molar-refractivity contribution in [2.24, 2.45) is 0 Å². The quantitative estimate of drug-likeness (QED) is 0.932. The Morgan fingerprint density at radius 2 is 2.20 bits per heavy atom. The standard InChI is InChI=1S/C16H18FN3/c1-18-14-7-4-8-15-12(14)10-19-16(20-15)9-11-5-2-3-6-13(11)17/h2-3,5-6,10,14,18H,4,7-9H2,1H3. The summed E-state index contributed by atoms with van der Waals surface area (Å²) < 4.78 is 13.7. The van der Waals surface area contributed by atoms with Gasteiger partial charge in [-0.2, -0.15) is 0 Å². The Balaban J connectivity index is 1.87. The SMILES string of the molecule is CNC1CCCc2nc(Cc3ccccc3F)ncc21. The Kier molecular flexibility index (Phi) is 3.74. The maximum absolute atomic E-state index is 13.7. The number of aromatic nitrogens is 2. The first-order chi connectivity index (χ1) is 9.78. The molecule has 0 spiro atoms. The van der Waals surface area contributed by atoms with Gasteiger partial charge in [0.05, 0.1) is 0 Å². The highest BCUT2D eigenvalue weighted by atomic mass is 19.1. The molecule has 1 N–H and O–H groups in total. The van der Waals surface area contributed by atoms with E-state index in [1.54, 1.807) is 12.1 Å². The van der Waals surface area contributed by atoms with Crippen molar-refractivity contribution < 1.29 is 4.39 Å². The number of rotatable bonds is 3. The molecule has 1 aromatic carbocycles. The van der Waals surface area contributed by atoms with Crippen molar-refractivity contribution >= 4 is 0 Å². The third-order valence-corrected chi connectivity index (χ3v) is 3.89. The van der Waals surface area contributed by atoms with Crippen LogP contribution in [0.3, 0.4) is 0 Å². The lowest BCUT2D eigenvalue weighted by Crippen LogP contribution is -2.23. The van der Waals surface area contributed by atoms with Gasteiger partial charge in [0.1, 0.15) is 11.6 Å². The molecule has 3 rings (SSSR count). The maximum atomic E-state index is 13.7. The molecular formula is C16H18FN3. The molecule has 1 aliphatic rings. The summed E-state index contributed by atoms with van der Waals surface area (Å²) >= 11 is 0. The number of hydrogen-bond acceptors (Lipinski definition) is 3. The molecule has 0 saturated carbocycles.